The molecule has 1 amide bonds. The molecule has 3 aromatic rings. The molecule has 0 saturated carbocycles. The summed E-state index contributed by atoms with van der Waals surface area (Å²) in [6.45, 7) is 1.58. The quantitative estimate of drug-likeness (QED) is 0.380. The number of aliphatic carboxylic acids is 1. The summed E-state index contributed by atoms with van der Waals surface area (Å²) in [6.07, 6.45) is 0.648. The van der Waals surface area contributed by atoms with E-state index in [4.69, 9.17) is 16.7 Å². The van der Waals surface area contributed by atoms with Crippen molar-refractivity contribution in [1.82, 2.24) is 10.3 Å². The van der Waals surface area contributed by atoms with Crippen LogP contribution in [0.5, 0.6) is 0 Å². The monoisotopic (exact) mass is 454 g/mol. The Morgan fingerprint density at radius 3 is 2.25 bits per heavy atom. The minimum atomic E-state index is -1.17. The molecule has 32 heavy (non-hydrogen) atoms. The number of carboxylic acid groups (broad SMARTS) is 2. The van der Waals surface area contributed by atoms with Crippen molar-refractivity contribution in [2.45, 2.75) is 25.8 Å². The third-order valence-corrected chi connectivity index (χ3v) is 5.38. The van der Waals surface area contributed by atoms with Gasteiger partial charge in [-0.25, -0.2) is 4.79 Å². The van der Waals surface area contributed by atoms with E-state index >= 15 is 0 Å². The smallest absolute Gasteiger partial charge is 0.352 e. The normalized spacial score (nSPS) is 12.7. The zero-order valence-corrected chi connectivity index (χ0v) is 18.1. The van der Waals surface area contributed by atoms with E-state index in [0.29, 0.717) is 11.4 Å². The lowest BCUT2D eigenvalue weighted by atomic mass is 9.95. The lowest BCUT2D eigenvalue weighted by Gasteiger charge is -2.21. The van der Waals surface area contributed by atoms with Crippen LogP contribution in [0.15, 0.2) is 60.7 Å². The van der Waals surface area contributed by atoms with Crippen molar-refractivity contribution < 1.29 is 24.6 Å². The van der Waals surface area contributed by atoms with Gasteiger partial charge in [-0.15, -0.1) is 0 Å². The molecular formula is C24H23ClN2O5. The Kier molecular flexibility index (Phi) is 7.33. The number of aromatic amines is 1. The second-order valence-electron chi connectivity index (χ2n) is 7.65. The Bertz CT molecular complexity index is 1120. The van der Waals surface area contributed by atoms with Crippen LogP contribution < -0.4 is 5.32 Å². The summed E-state index contributed by atoms with van der Waals surface area (Å²) in [5, 5.41) is 21.8. The molecule has 0 spiro atoms. The van der Waals surface area contributed by atoms with Crippen molar-refractivity contribution in [1.29, 1.82) is 0 Å². The van der Waals surface area contributed by atoms with Crippen LogP contribution in [0, 0.1) is 5.92 Å². The summed E-state index contributed by atoms with van der Waals surface area (Å²) in [5.74, 6) is -3.27. The van der Waals surface area contributed by atoms with Gasteiger partial charge in [-0.1, -0.05) is 54.9 Å². The molecule has 7 nitrogen and oxygen atoms in total. The predicted octanol–water partition coefficient (Wildman–Crippen LogP) is 4.49. The van der Waals surface area contributed by atoms with Crippen LogP contribution in [0.3, 0.4) is 0 Å². The Balaban J connectivity index is 1.75. The first-order chi connectivity index (χ1) is 15.2. The number of hydrogen-bond donors (Lipinski definition) is 4. The van der Waals surface area contributed by atoms with Gasteiger partial charge < -0.3 is 20.5 Å². The molecular weight excluding hydrogens is 432 g/mol. The van der Waals surface area contributed by atoms with Gasteiger partial charge >= 0.3 is 11.9 Å². The molecule has 0 aliphatic rings. The molecule has 166 valence electrons. The first-order valence-electron chi connectivity index (χ1n) is 10.0. The highest BCUT2D eigenvalue weighted by molar-refractivity contribution is 6.30. The second-order valence-corrected chi connectivity index (χ2v) is 8.08. The number of H-pyrrole nitrogens is 1. The maximum atomic E-state index is 12.6. The number of aromatic nitrogens is 1. The van der Waals surface area contributed by atoms with E-state index < -0.39 is 29.8 Å². The number of carboxylic acids is 2. The molecule has 0 unspecified atom stereocenters. The highest BCUT2D eigenvalue weighted by Crippen LogP contribution is 2.24. The van der Waals surface area contributed by atoms with Crippen LogP contribution in [-0.4, -0.2) is 39.1 Å². The van der Waals surface area contributed by atoms with Crippen molar-refractivity contribution >= 4 is 29.4 Å². The molecule has 0 aliphatic carbocycles. The van der Waals surface area contributed by atoms with E-state index in [-0.39, 0.29) is 17.8 Å². The molecule has 0 radical (unpaired) electrons. The van der Waals surface area contributed by atoms with E-state index in [2.05, 4.69) is 10.3 Å². The Labute approximate surface area is 190 Å². The fourth-order valence-corrected chi connectivity index (χ4v) is 3.61. The van der Waals surface area contributed by atoms with Gasteiger partial charge in [0.2, 0.25) is 0 Å². The van der Waals surface area contributed by atoms with E-state index in [1.165, 1.54) is 12.1 Å². The van der Waals surface area contributed by atoms with Crippen molar-refractivity contribution in [3.8, 4) is 11.1 Å². The third-order valence-electron chi connectivity index (χ3n) is 5.15. The van der Waals surface area contributed by atoms with Crippen molar-refractivity contribution in [3.63, 3.8) is 0 Å². The average molecular weight is 455 g/mol. The molecule has 1 heterocycles. The Morgan fingerprint density at radius 1 is 0.969 bits per heavy atom. The number of hydrogen-bond acceptors (Lipinski definition) is 3. The van der Waals surface area contributed by atoms with Gasteiger partial charge in [0, 0.05) is 11.1 Å². The van der Waals surface area contributed by atoms with E-state index in [9.17, 15) is 19.5 Å². The predicted molar refractivity (Wildman–Crippen MR) is 121 cm³/mol. The van der Waals surface area contributed by atoms with Crippen LogP contribution in [0.1, 0.15) is 39.9 Å². The van der Waals surface area contributed by atoms with E-state index in [1.54, 1.807) is 13.0 Å². The number of rotatable bonds is 9. The summed E-state index contributed by atoms with van der Waals surface area (Å²) in [7, 11) is 0. The molecule has 0 bridgehead atoms. The molecule has 1 aromatic heterocycles. The molecule has 2 aromatic carbocycles. The molecule has 0 fully saturated rings. The number of carbonyl (C=O) groups is 3. The lowest BCUT2D eigenvalue weighted by molar-refractivity contribution is -0.141. The molecule has 2 atom stereocenters. The van der Waals surface area contributed by atoms with Crippen LogP contribution in [0.25, 0.3) is 11.1 Å². The maximum Gasteiger partial charge on any atom is 0.352 e. The molecule has 0 saturated heterocycles. The maximum absolute atomic E-state index is 12.6. The number of aromatic carboxylic acids is 1. The Morgan fingerprint density at radius 2 is 1.66 bits per heavy atom. The zero-order valence-electron chi connectivity index (χ0n) is 17.3. The number of nitrogens with one attached hydrogen (secondary N) is 2. The minimum absolute atomic E-state index is 0.0952. The number of halogens is 1. The average Bonchev–Trinajstić information content (AvgIpc) is 3.25. The molecule has 4 N–H and O–H groups in total. The summed E-state index contributed by atoms with van der Waals surface area (Å²) < 4.78 is 0. The van der Waals surface area contributed by atoms with Gasteiger partial charge in [0.15, 0.2) is 0 Å². The summed E-state index contributed by atoms with van der Waals surface area (Å²) in [4.78, 5) is 37.5. The van der Waals surface area contributed by atoms with Crippen molar-refractivity contribution in [3.05, 3.63) is 82.6 Å². The fourth-order valence-electron chi connectivity index (χ4n) is 3.42. The molecule has 0 aliphatic heterocycles. The van der Waals surface area contributed by atoms with E-state index in [0.717, 1.165) is 16.7 Å². The summed E-state index contributed by atoms with van der Waals surface area (Å²) >= 11 is 6.06. The fraction of sp³-hybridized carbons (Fsp3) is 0.208. The SMILES string of the molecule is C[C@H](C[C@@H](Cc1ccc(-c2cccc(Cl)c2)cc1)NC(=O)c1ccc(C(=O)O)[nH]1)C(=O)O. The van der Waals surface area contributed by atoms with Crippen LogP contribution >= 0.6 is 11.6 Å². The van der Waals surface area contributed by atoms with Gasteiger partial charge in [-0.2, -0.15) is 0 Å². The molecule has 8 heteroatoms. The van der Waals surface area contributed by atoms with Crippen molar-refractivity contribution in [2.75, 3.05) is 0 Å². The highest BCUT2D eigenvalue weighted by Gasteiger charge is 2.22. The zero-order chi connectivity index (χ0) is 23.3. The molecule has 3 rings (SSSR count). The van der Waals surface area contributed by atoms with Crippen LogP contribution in [0.4, 0.5) is 0 Å². The van der Waals surface area contributed by atoms with Crippen molar-refractivity contribution in [2.24, 2.45) is 5.92 Å². The number of carbonyl (C=O) groups excluding carboxylic acids is 1. The standard InChI is InChI=1S/C24H23ClN2O5/c1-14(23(29)30)11-19(26-22(28)20-9-10-21(27-20)24(31)32)12-15-5-7-16(8-6-15)17-3-2-4-18(25)13-17/h2-10,13-14,19,27H,11-12H2,1H3,(H,26,28)(H,29,30)(H,31,32)/t14-,19+/m1/s1. The Hall–Kier alpha value is -3.58. The van der Waals surface area contributed by atoms with Gasteiger partial charge in [0.1, 0.15) is 11.4 Å². The van der Waals surface area contributed by atoms with Crippen LogP contribution in [-0.2, 0) is 11.2 Å². The third kappa shape index (κ3) is 5.98. The van der Waals surface area contributed by atoms with Gasteiger partial charge in [0.25, 0.3) is 5.91 Å². The van der Waals surface area contributed by atoms with Crippen LogP contribution in [0.2, 0.25) is 5.02 Å². The van der Waals surface area contributed by atoms with Gasteiger partial charge in [-0.3, -0.25) is 9.59 Å². The van der Waals surface area contributed by atoms with Gasteiger partial charge in [0.05, 0.1) is 5.92 Å². The largest absolute Gasteiger partial charge is 0.481 e. The van der Waals surface area contributed by atoms with E-state index in [1.807, 2.05) is 42.5 Å². The topological polar surface area (TPSA) is 119 Å². The highest BCUT2D eigenvalue weighted by atomic mass is 35.5. The first kappa shape index (κ1) is 23.1. The lowest BCUT2D eigenvalue weighted by Crippen LogP contribution is -2.38. The first-order valence-corrected chi connectivity index (χ1v) is 10.4. The number of amides is 1. The second kappa shape index (κ2) is 10.2. The number of benzene rings is 2. The van der Waals surface area contributed by atoms with Gasteiger partial charge in [-0.05, 0) is 53.8 Å². The summed E-state index contributed by atoms with van der Waals surface area (Å²) in [5.41, 5.74) is 2.91. The minimum Gasteiger partial charge on any atom is -0.481 e. The summed E-state index contributed by atoms with van der Waals surface area (Å²) in [6, 6.07) is 17.5.